The van der Waals surface area contributed by atoms with Crippen LogP contribution >= 0.6 is 11.6 Å². The van der Waals surface area contributed by atoms with E-state index < -0.39 is 0 Å². The number of ether oxygens (including phenoxy) is 1. The van der Waals surface area contributed by atoms with E-state index in [1.807, 2.05) is 6.92 Å². The van der Waals surface area contributed by atoms with Crippen molar-refractivity contribution in [3.8, 4) is 11.4 Å². The molecule has 0 bridgehead atoms. The summed E-state index contributed by atoms with van der Waals surface area (Å²) in [5.41, 5.74) is 4.70. The fourth-order valence-electron chi connectivity index (χ4n) is 4.86. The maximum Gasteiger partial charge on any atom is 0.159 e. The monoisotopic (exact) mass is 483 g/mol. The molecule has 2 aliphatic rings. The van der Waals surface area contributed by atoms with Crippen molar-refractivity contribution in [1.82, 2.24) is 24.8 Å². The van der Waals surface area contributed by atoms with Crippen LogP contribution in [0.25, 0.3) is 22.6 Å². The first-order chi connectivity index (χ1) is 16.6. The number of piperazine rings is 1. The minimum atomic E-state index is 0.368. The Bertz CT molecular complexity index is 1090. The van der Waals surface area contributed by atoms with Crippen molar-refractivity contribution in [2.24, 2.45) is 0 Å². The highest BCUT2D eigenvalue weighted by molar-refractivity contribution is 6.34. The van der Waals surface area contributed by atoms with Crippen LogP contribution in [0.5, 0.6) is 0 Å². The lowest BCUT2D eigenvalue weighted by molar-refractivity contribution is 0.111. The van der Waals surface area contributed by atoms with Crippen molar-refractivity contribution in [2.75, 3.05) is 76.3 Å². The predicted molar refractivity (Wildman–Crippen MR) is 139 cm³/mol. The lowest BCUT2D eigenvalue weighted by atomic mass is 10.1. The lowest BCUT2D eigenvalue weighted by Crippen LogP contribution is -2.47. The summed E-state index contributed by atoms with van der Waals surface area (Å²) in [6, 6.07) is 9.01. The van der Waals surface area contributed by atoms with Gasteiger partial charge in [-0.05, 0) is 51.2 Å². The van der Waals surface area contributed by atoms with Gasteiger partial charge in [0.15, 0.2) is 5.65 Å². The number of aromatic nitrogens is 3. The highest BCUT2D eigenvalue weighted by atomic mass is 35.5. The number of anilines is 2. The number of halogens is 1. The number of likely N-dealkylation sites (tertiary alicyclic amines) is 1. The zero-order valence-electron chi connectivity index (χ0n) is 20.1. The SMILES string of the molecule is CCOCCN1CCN(c2ccc(-c3nc4c(NC5CCN(C)C5)c(Cl)cnc4[nH]3)cc2)CC1. The number of hydrogen-bond donors (Lipinski definition) is 2. The lowest BCUT2D eigenvalue weighted by Gasteiger charge is -2.36. The largest absolute Gasteiger partial charge is 0.380 e. The van der Waals surface area contributed by atoms with E-state index in [2.05, 4.69) is 61.3 Å². The molecule has 9 heteroatoms. The number of imidazole rings is 1. The van der Waals surface area contributed by atoms with Crippen LogP contribution in [0.15, 0.2) is 30.5 Å². The Morgan fingerprint density at radius 2 is 1.94 bits per heavy atom. The summed E-state index contributed by atoms with van der Waals surface area (Å²) in [6.07, 6.45) is 2.79. The number of rotatable bonds is 8. The molecule has 4 heterocycles. The molecule has 3 aromatic rings. The van der Waals surface area contributed by atoms with Crippen molar-refractivity contribution >= 4 is 34.1 Å². The van der Waals surface area contributed by atoms with E-state index in [-0.39, 0.29) is 0 Å². The van der Waals surface area contributed by atoms with Crippen LogP contribution in [0, 0.1) is 0 Å². The van der Waals surface area contributed by atoms with Gasteiger partial charge in [0.05, 0.1) is 23.5 Å². The Balaban J connectivity index is 1.28. The molecule has 0 radical (unpaired) electrons. The summed E-state index contributed by atoms with van der Waals surface area (Å²) in [4.78, 5) is 20.0. The molecule has 2 fully saturated rings. The van der Waals surface area contributed by atoms with Gasteiger partial charge in [-0.3, -0.25) is 4.90 Å². The third-order valence-corrected chi connectivity index (χ3v) is 7.13. The van der Waals surface area contributed by atoms with Gasteiger partial charge in [-0.25, -0.2) is 9.97 Å². The molecule has 1 atom stereocenters. The molecule has 0 amide bonds. The molecule has 5 rings (SSSR count). The van der Waals surface area contributed by atoms with Gasteiger partial charge in [0.2, 0.25) is 0 Å². The summed E-state index contributed by atoms with van der Waals surface area (Å²) in [5.74, 6) is 0.809. The van der Waals surface area contributed by atoms with E-state index >= 15 is 0 Å². The van der Waals surface area contributed by atoms with Gasteiger partial charge in [0.1, 0.15) is 11.3 Å². The fourth-order valence-corrected chi connectivity index (χ4v) is 5.05. The number of likely N-dealkylation sites (N-methyl/N-ethyl adjacent to an activating group) is 1. The summed E-state index contributed by atoms with van der Waals surface area (Å²) in [5, 5.41) is 4.21. The van der Waals surface area contributed by atoms with E-state index in [1.165, 1.54) is 5.69 Å². The topological polar surface area (TPSA) is 72.6 Å². The van der Waals surface area contributed by atoms with Crippen LogP contribution in [-0.2, 0) is 4.74 Å². The summed E-state index contributed by atoms with van der Waals surface area (Å²) in [7, 11) is 2.14. The standard InChI is InChI=1S/C25H34ClN7O/c1-3-34-15-14-32-10-12-33(13-11-32)20-6-4-18(5-7-20)24-29-23-22(21(26)16-27-25(23)30-24)28-19-8-9-31(2)17-19/h4-7,16,19H,3,8-15,17H2,1-2H3,(H2,27,28,29,30). The van der Waals surface area contributed by atoms with E-state index in [4.69, 9.17) is 21.3 Å². The molecule has 8 nitrogen and oxygen atoms in total. The Hall–Kier alpha value is -2.39. The number of hydrogen-bond acceptors (Lipinski definition) is 7. The van der Waals surface area contributed by atoms with Gasteiger partial charge in [0.25, 0.3) is 0 Å². The van der Waals surface area contributed by atoms with E-state index in [0.717, 1.165) is 93.7 Å². The van der Waals surface area contributed by atoms with E-state index in [0.29, 0.717) is 11.1 Å². The van der Waals surface area contributed by atoms with Crippen LogP contribution in [0.4, 0.5) is 11.4 Å². The molecule has 2 aromatic heterocycles. The van der Waals surface area contributed by atoms with Gasteiger partial charge < -0.3 is 24.8 Å². The molecule has 2 saturated heterocycles. The number of nitrogens with one attached hydrogen (secondary N) is 2. The molecule has 1 unspecified atom stereocenters. The Morgan fingerprint density at radius 1 is 1.15 bits per heavy atom. The average molecular weight is 484 g/mol. The first-order valence-electron chi connectivity index (χ1n) is 12.3. The fraction of sp³-hybridized carbons (Fsp3) is 0.520. The summed E-state index contributed by atoms with van der Waals surface area (Å²) < 4.78 is 5.49. The first kappa shape index (κ1) is 23.4. The molecule has 1 aromatic carbocycles. The Morgan fingerprint density at radius 3 is 2.65 bits per heavy atom. The second kappa shape index (κ2) is 10.5. The van der Waals surface area contributed by atoms with Gasteiger partial charge in [-0.15, -0.1) is 0 Å². The van der Waals surface area contributed by atoms with E-state index in [1.54, 1.807) is 6.20 Å². The quantitative estimate of drug-likeness (QED) is 0.474. The summed E-state index contributed by atoms with van der Waals surface area (Å²) in [6.45, 7) is 10.9. The van der Waals surface area contributed by atoms with E-state index in [9.17, 15) is 0 Å². The molecule has 2 N–H and O–H groups in total. The van der Waals surface area contributed by atoms with Gasteiger partial charge in [-0.1, -0.05) is 11.6 Å². The number of pyridine rings is 1. The van der Waals surface area contributed by atoms with Crippen molar-refractivity contribution in [3.63, 3.8) is 0 Å². The molecule has 182 valence electrons. The summed E-state index contributed by atoms with van der Waals surface area (Å²) >= 11 is 6.52. The number of fused-ring (bicyclic) bond motifs is 1. The van der Waals surface area contributed by atoms with Crippen LogP contribution < -0.4 is 10.2 Å². The van der Waals surface area contributed by atoms with Crippen molar-refractivity contribution in [3.05, 3.63) is 35.5 Å². The molecule has 34 heavy (non-hydrogen) atoms. The Kier molecular flexibility index (Phi) is 7.20. The highest BCUT2D eigenvalue weighted by Crippen LogP contribution is 2.32. The minimum Gasteiger partial charge on any atom is -0.380 e. The molecule has 0 spiro atoms. The number of H-pyrrole nitrogens is 1. The normalized spacial score (nSPS) is 19.9. The molecule has 2 aliphatic heterocycles. The van der Waals surface area contributed by atoms with Crippen molar-refractivity contribution in [2.45, 2.75) is 19.4 Å². The Labute approximate surface area is 206 Å². The second-order valence-electron chi connectivity index (χ2n) is 9.23. The predicted octanol–water partition coefficient (Wildman–Crippen LogP) is 3.55. The minimum absolute atomic E-state index is 0.368. The highest BCUT2D eigenvalue weighted by Gasteiger charge is 2.22. The number of nitrogens with zero attached hydrogens (tertiary/aromatic N) is 5. The third kappa shape index (κ3) is 5.15. The average Bonchev–Trinajstić information content (AvgIpc) is 3.48. The zero-order valence-corrected chi connectivity index (χ0v) is 20.8. The third-order valence-electron chi connectivity index (χ3n) is 6.84. The number of aromatic amines is 1. The molecule has 0 aliphatic carbocycles. The molecular formula is C25H34ClN7O. The zero-order chi connectivity index (χ0) is 23.5. The van der Waals surface area contributed by atoms with Crippen molar-refractivity contribution in [1.29, 1.82) is 0 Å². The van der Waals surface area contributed by atoms with Gasteiger partial charge in [0, 0.05) is 63.2 Å². The van der Waals surface area contributed by atoms with Crippen LogP contribution in [0.2, 0.25) is 5.02 Å². The van der Waals surface area contributed by atoms with Gasteiger partial charge >= 0.3 is 0 Å². The molecular weight excluding hydrogens is 450 g/mol. The first-order valence-corrected chi connectivity index (χ1v) is 12.6. The smallest absolute Gasteiger partial charge is 0.159 e. The van der Waals surface area contributed by atoms with Crippen LogP contribution in [0.1, 0.15) is 13.3 Å². The van der Waals surface area contributed by atoms with Crippen LogP contribution in [-0.4, -0.2) is 96.9 Å². The molecule has 0 saturated carbocycles. The van der Waals surface area contributed by atoms with Crippen LogP contribution in [0.3, 0.4) is 0 Å². The second-order valence-corrected chi connectivity index (χ2v) is 9.64. The maximum absolute atomic E-state index is 6.52. The maximum atomic E-state index is 6.52. The van der Waals surface area contributed by atoms with Crippen molar-refractivity contribution < 1.29 is 4.74 Å². The number of benzene rings is 1. The van der Waals surface area contributed by atoms with Gasteiger partial charge in [-0.2, -0.15) is 0 Å².